The Hall–Kier alpha value is -3.90. The van der Waals surface area contributed by atoms with E-state index in [4.69, 9.17) is 20.3 Å². The Kier molecular flexibility index (Phi) is 13.7. The normalized spacial score (nSPS) is 20.0. The number of amides is 1. The molecule has 0 radical (unpaired) electrons. The number of fused-ring (bicyclic) bond motifs is 2. The van der Waals surface area contributed by atoms with Gasteiger partial charge in [0.25, 0.3) is 7.82 Å². The van der Waals surface area contributed by atoms with Crippen molar-refractivity contribution in [2.24, 2.45) is 0 Å². The molecule has 5 rings (SSSR count). The Balaban J connectivity index is 1.11. The second-order valence-electron chi connectivity index (χ2n) is 12.5. The Morgan fingerprint density at radius 1 is 1.16 bits per heavy atom. The van der Waals surface area contributed by atoms with Crippen LogP contribution in [-0.4, -0.2) is 93.3 Å². The number of nitrogens with zero attached hydrogens (tertiary/aromatic N) is 5. The molecule has 7 N–H and O–H groups in total. The van der Waals surface area contributed by atoms with Gasteiger partial charge in [-0.1, -0.05) is 11.8 Å². The molecule has 1 aromatic heterocycles. The summed E-state index contributed by atoms with van der Waals surface area (Å²) in [5, 5.41) is 14.2. The van der Waals surface area contributed by atoms with E-state index in [1.165, 1.54) is 6.20 Å². The standard InChI is InChI=1S/C31H38N7O14P3S/c1-36(2)20-8-10-22-26(14-20)56-27-15-21(9-11-23(27)34-22)37(3)13-5-7-28(40)33-12-4-6-19-17-38(31(41)35-30(19)32)29-16-24(39)25(50-29)18-49-54(45,46)52-55(47,48)51-53(42,43)44/h8-11,14-15,17,24-25,29,39H,5,7,12-13,16,18H2,1-3H3,(H6-,32,33,35,40,41,42,43,44,45,46,47,48)/t24-,25+,29+/m0/s1. The molecule has 2 aromatic rings. The number of nitrogen functional groups attached to an aromatic ring is 1. The summed E-state index contributed by atoms with van der Waals surface area (Å²) in [5.74, 6) is 5.00. The number of benzene rings is 2. The van der Waals surface area contributed by atoms with E-state index in [0.29, 0.717) is 13.0 Å². The molecule has 0 bridgehead atoms. The van der Waals surface area contributed by atoms with Gasteiger partial charge in [0.05, 0.1) is 45.6 Å². The number of phosphoric ester groups is 1. The fraction of sp³-hybridized carbons (Fsp3) is 0.387. The van der Waals surface area contributed by atoms with Crippen LogP contribution >= 0.6 is 34.8 Å². The second kappa shape index (κ2) is 17.7. The number of carbonyl (C=O) groups excluding carboxylic acids is 1. The van der Waals surface area contributed by atoms with Crippen molar-refractivity contribution in [1.82, 2.24) is 24.4 Å². The number of hydrogen-bond donors (Lipinski definition) is 6. The maximum atomic E-state index is 12.6. The Morgan fingerprint density at radius 3 is 2.62 bits per heavy atom. The molecular formula is C31H38N7O14P3S. The summed E-state index contributed by atoms with van der Waals surface area (Å²) in [6.45, 7) is -0.385. The quantitative estimate of drug-likeness (QED) is 0.0430. The number of aliphatic hydroxyl groups excluding tert-OH is 1. The molecule has 0 saturated carbocycles. The second-order valence-corrected chi connectivity index (χ2v) is 18.0. The molecule has 1 aliphatic carbocycles. The lowest BCUT2D eigenvalue weighted by atomic mass is 10.2. The molecule has 1 aromatic carbocycles. The van der Waals surface area contributed by atoms with Crippen LogP contribution in [0.4, 0.5) is 11.5 Å². The van der Waals surface area contributed by atoms with Gasteiger partial charge >= 0.3 is 21.3 Å². The van der Waals surface area contributed by atoms with Gasteiger partial charge in [0, 0.05) is 50.5 Å². The van der Waals surface area contributed by atoms with Gasteiger partial charge in [-0.15, -0.1) is 11.3 Å². The van der Waals surface area contributed by atoms with Crippen molar-refractivity contribution < 1.29 is 61.1 Å². The van der Waals surface area contributed by atoms with E-state index in [9.17, 15) is 43.1 Å². The monoisotopic (exact) mass is 857 g/mol. The van der Waals surface area contributed by atoms with Gasteiger partial charge in [-0.2, -0.15) is 9.29 Å². The molecule has 1 saturated heterocycles. The first-order chi connectivity index (χ1) is 26.2. The van der Waals surface area contributed by atoms with E-state index in [1.54, 1.807) is 11.3 Å². The first kappa shape index (κ1) is 43.2. The molecule has 302 valence electrons. The predicted octanol–water partition coefficient (Wildman–Crippen LogP) is 0.316. The first-order valence-electron chi connectivity index (χ1n) is 16.5. The molecule has 25 heteroatoms. The maximum absolute atomic E-state index is 12.6. The zero-order chi connectivity index (χ0) is 41.0. The van der Waals surface area contributed by atoms with Crippen molar-refractivity contribution in [2.75, 3.05) is 51.5 Å². The van der Waals surface area contributed by atoms with Crippen molar-refractivity contribution in [3.63, 3.8) is 0 Å². The molecule has 0 spiro atoms. The van der Waals surface area contributed by atoms with Gasteiger partial charge in [0.2, 0.25) is 11.3 Å². The first-order valence-corrected chi connectivity index (χ1v) is 21.8. The molecular weight excluding hydrogens is 819 g/mol. The molecule has 21 nitrogen and oxygen atoms in total. The third-order valence-electron chi connectivity index (χ3n) is 8.11. The number of anilines is 2. The highest BCUT2D eigenvalue weighted by molar-refractivity contribution is 7.66. The van der Waals surface area contributed by atoms with Gasteiger partial charge < -0.3 is 45.4 Å². The number of nitrogens with two attached hydrogens (primary N) is 1. The van der Waals surface area contributed by atoms with Crippen LogP contribution < -0.4 is 36.5 Å². The summed E-state index contributed by atoms with van der Waals surface area (Å²) in [4.78, 5) is 74.9. The number of hydrogen-bond acceptors (Lipinski definition) is 16. The van der Waals surface area contributed by atoms with Crippen molar-refractivity contribution >= 4 is 62.4 Å². The Labute approximate surface area is 322 Å². The lowest BCUT2D eigenvalue weighted by Gasteiger charge is -2.21. The molecule has 6 atom stereocenters. The number of carbonyl (C=O) groups is 1. The van der Waals surface area contributed by atoms with E-state index in [0.717, 1.165) is 36.4 Å². The van der Waals surface area contributed by atoms with Crippen LogP contribution in [0.15, 0.2) is 47.4 Å². The lowest BCUT2D eigenvalue weighted by Crippen LogP contribution is -2.29. The van der Waals surface area contributed by atoms with Crippen LogP contribution in [-0.2, 0) is 36.4 Å². The fourth-order valence-corrected chi connectivity index (χ4v) is 9.41. The van der Waals surface area contributed by atoms with Gasteiger partial charge in [-0.3, -0.25) is 18.5 Å². The SMILES string of the molecule is CN(CCCC(=O)NCC#Cc1cn([C@H]2C[C@H](O)[C@@H](COP(=O)(O)OP(=O)(O)OP(=O)([O-])O)O2)c(=O)nc1N)c1ccc2nc3ccc(=[N+](C)C)cc-3sc2c1. The Morgan fingerprint density at radius 2 is 1.91 bits per heavy atom. The number of ether oxygens (including phenoxy) is 1. The summed E-state index contributed by atoms with van der Waals surface area (Å²) in [6, 6.07) is 12.2. The molecule has 1 amide bonds. The summed E-state index contributed by atoms with van der Waals surface area (Å²) in [5.41, 5.74) is 7.90. The van der Waals surface area contributed by atoms with E-state index >= 15 is 0 Å². The van der Waals surface area contributed by atoms with Crippen LogP contribution in [0.3, 0.4) is 0 Å². The maximum Gasteiger partial charge on any atom is 0.487 e. The van der Waals surface area contributed by atoms with Crippen molar-refractivity contribution in [3.8, 4) is 22.4 Å². The molecule has 2 aliphatic heterocycles. The highest BCUT2D eigenvalue weighted by Gasteiger charge is 2.41. The summed E-state index contributed by atoms with van der Waals surface area (Å²) in [7, 11) is -11.2. The average molecular weight is 858 g/mol. The van der Waals surface area contributed by atoms with Gasteiger partial charge in [-0.25, -0.2) is 27.8 Å². The molecule has 3 unspecified atom stereocenters. The van der Waals surface area contributed by atoms with Gasteiger partial charge in [0.1, 0.15) is 32.2 Å². The van der Waals surface area contributed by atoms with E-state index in [1.807, 2.05) is 50.0 Å². The highest BCUT2D eigenvalue weighted by Crippen LogP contribution is 2.65. The van der Waals surface area contributed by atoms with E-state index in [2.05, 4.69) is 52.3 Å². The zero-order valence-electron chi connectivity index (χ0n) is 30.0. The highest BCUT2D eigenvalue weighted by atomic mass is 32.1. The predicted molar refractivity (Wildman–Crippen MR) is 201 cm³/mol. The zero-order valence-corrected chi connectivity index (χ0v) is 33.5. The topological polar surface area (TPSA) is 301 Å². The van der Waals surface area contributed by atoms with Crippen molar-refractivity contribution in [2.45, 2.75) is 37.7 Å². The minimum absolute atomic E-state index is 0.0480. The number of nitrogens with one attached hydrogen (secondary N) is 1. The molecule has 56 heavy (non-hydrogen) atoms. The molecule has 3 heterocycles. The van der Waals surface area contributed by atoms with Gasteiger partial charge in [0.15, 0.2) is 0 Å². The molecule has 1 fully saturated rings. The summed E-state index contributed by atoms with van der Waals surface area (Å²) < 4.78 is 55.4. The van der Waals surface area contributed by atoms with Crippen LogP contribution in [0, 0.1) is 11.8 Å². The van der Waals surface area contributed by atoms with E-state index in [-0.39, 0.29) is 36.7 Å². The fourth-order valence-electron chi connectivity index (χ4n) is 5.38. The van der Waals surface area contributed by atoms with Crippen LogP contribution in [0.1, 0.15) is 31.1 Å². The van der Waals surface area contributed by atoms with Crippen LogP contribution in [0.2, 0.25) is 0 Å². The number of aromatic nitrogens is 3. The minimum Gasteiger partial charge on any atom is -0.756 e. The van der Waals surface area contributed by atoms with Gasteiger partial charge in [-0.05, 0) is 30.7 Å². The largest absolute Gasteiger partial charge is 0.756 e. The summed E-state index contributed by atoms with van der Waals surface area (Å²) in [6.07, 6.45) is -2.26. The third-order valence-corrected chi connectivity index (χ3v) is 13.0. The Bertz CT molecular complexity index is 2430. The van der Waals surface area contributed by atoms with Crippen LogP contribution in [0.25, 0.3) is 20.8 Å². The smallest absolute Gasteiger partial charge is 0.487 e. The van der Waals surface area contributed by atoms with Crippen molar-refractivity contribution in [3.05, 3.63) is 64.0 Å². The van der Waals surface area contributed by atoms with E-state index < -0.39 is 54.2 Å². The average Bonchev–Trinajstić information content (AvgIpc) is 3.46. The number of phosphoric acid groups is 3. The van der Waals surface area contributed by atoms with Crippen molar-refractivity contribution in [1.29, 1.82) is 0 Å². The lowest BCUT2D eigenvalue weighted by molar-refractivity contribution is -0.212. The third kappa shape index (κ3) is 11.8. The number of aliphatic hydroxyl groups is 1. The number of rotatable bonds is 14. The molecule has 3 aliphatic rings. The van der Waals surface area contributed by atoms with Crippen LogP contribution in [0.5, 0.6) is 0 Å². The summed E-state index contributed by atoms with van der Waals surface area (Å²) >= 11 is 1.67. The minimum atomic E-state index is -5.84.